The van der Waals surface area contributed by atoms with Crippen LogP contribution in [0.1, 0.15) is 37.3 Å². The fraction of sp³-hybridized carbons (Fsp3) is 0.600. The molecule has 2 amide bonds. The Labute approximate surface area is 150 Å². The van der Waals surface area contributed by atoms with Crippen LogP contribution in [-0.2, 0) is 9.59 Å². The van der Waals surface area contributed by atoms with Gasteiger partial charge in [0, 0.05) is 31.5 Å². The van der Waals surface area contributed by atoms with Crippen molar-refractivity contribution in [3.05, 3.63) is 35.9 Å². The third-order valence-corrected chi connectivity index (χ3v) is 5.38. The first-order chi connectivity index (χ1) is 12.1. The number of likely N-dealkylation sites (tertiary alicyclic amines) is 1. The SMILES string of the molecule is CN(C)C(CNC(=O)C1CCN(C(=O)C2CC2)CC1)c1ccccc1. The summed E-state index contributed by atoms with van der Waals surface area (Å²) in [6.45, 7) is 2.06. The van der Waals surface area contributed by atoms with Crippen molar-refractivity contribution >= 4 is 11.8 Å². The Hall–Kier alpha value is -1.88. The summed E-state index contributed by atoms with van der Waals surface area (Å²) >= 11 is 0. The van der Waals surface area contributed by atoms with Crippen molar-refractivity contribution < 1.29 is 9.59 Å². The van der Waals surface area contributed by atoms with E-state index in [2.05, 4.69) is 22.3 Å². The highest BCUT2D eigenvalue weighted by atomic mass is 16.2. The van der Waals surface area contributed by atoms with Crippen LogP contribution in [0.15, 0.2) is 30.3 Å². The summed E-state index contributed by atoms with van der Waals surface area (Å²) in [6.07, 6.45) is 3.65. The van der Waals surface area contributed by atoms with Crippen molar-refractivity contribution in [2.75, 3.05) is 33.7 Å². The number of carbonyl (C=O) groups excluding carboxylic acids is 2. The van der Waals surface area contributed by atoms with E-state index in [1.807, 2.05) is 37.2 Å². The van der Waals surface area contributed by atoms with Crippen LogP contribution in [-0.4, -0.2) is 55.3 Å². The molecule has 1 saturated heterocycles. The molecule has 0 aromatic heterocycles. The van der Waals surface area contributed by atoms with Crippen molar-refractivity contribution in [2.45, 2.75) is 31.7 Å². The average Bonchev–Trinajstić information content (AvgIpc) is 3.47. The first-order valence-corrected chi connectivity index (χ1v) is 9.34. The topological polar surface area (TPSA) is 52.7 Å². The van der Waals surface area contributed by atoms with Crippen LogP contribution in [0, 0.1) is 11.8 Å². The summed E-state index contributed by atoms with van der Waals surface area (Å²) < 4.78 is 0. The van der Waals surface area contributed by atoms with Crippen molar-refractivity contribution in [1.82, 2.24) is 15.1 Å². The molecule has 5 heteroatoms. The maximum absolute atomic E-state index is 12.5. The largest absolute Gasteiger partial charge is 0.354 e. The molecule has 1 aliphatic carbocycles. The van der Waals surface area contributed by atoms with Crippen LogP contribution >= 0.6 is 0 Å². The lowest BCUT2D eigenvalue weighted by Crippen LogP contribution is -2.44. The molecular formula is C20H29N3O2. The van der Waals surface area contributed by atoms with E-state index in [1.165, 1.54) is 5.56 Å². The van der Waals surface area contributed by atoms with Gasteiger partial charge in [0.1, 0.15) is 0 Å². The lowest BCUT2D eigenvalue weighted by molar-refractivity contribution is -0.136. The average molecular weight is 343 g/mol. The van der Waals surface area contributed by atoms with Crippen molar-refractivity contribution in [3.8, 4) is 0 Å². The molecule has 136 valence electrons. The Morgan fingerprint density at radius 2 is 1.72 bits per heavy atom. The molecule has 1 heterocycles. The van der Waals surface area contributed by atoms with Gasteiger partial charge in [-0.25, -0.2) is 0 Å². The number of amides is 2. The van der Waals surface area contributed by atoms with E-state index in [1.54, 1.807) is 0 Å². The molecule has 5 nitrogen and oxygen atoms in total. The third kappa shape index (κ3) is 4.60. The van der Waals surface area contributed by atoms with Gasteiger partial charge in [0.2, 0.25) is 11.8 Å². The van der Waals surface area contributed by atoms with Crippen molar-refractivity contribution in [1.29, 1.82) is 0 Å². The number of likely N-dealkylation sites (N-methyl/N-ethyl adjacent to an activating group) is 1. The van der Waals surface area contributed by atoms with Gasteiger partial charge in [-0.05, 0) is 45.3 Å². The molecule has 1 N–H and O–H groups in total. The molecule has 1 aliphatic heterocycles. The Morgan fingerprint density at radius 3 is 2.28 bits per heavy atom. The number of hydrogen-bond donors (Lipinski definition) is 1. The molecule has 0 radical (unpaired) electrons. The van der Waals surface area contributed by atoms with Gasteiger partial charge in [-0.15, -0.1) is 0 Å². The summed E-state index contributed by atoms with van der Waals surface area (Å²) in [5, 5.41) is 3.13. The minimum atomic E-state index is 0.0295. The molecule has 1 unspecified atom stereocenters. The fourth-order valence-electron chi connectivity index (χ4n) is 3.57. The highest BCUT2D eigenvalue weighted by molar-refractivity contribution is 5.82. The molecule has 1 aromatic rings. The van der Waals surface area contributed by atoms with Gasteiger partial charge in [0.25, 0.3) is 0 Å². The van der Waals surface area contributed by atoms with Crippen LogP contribution in [0.5, 0.6) is 0 Å². The molecule has 2 aliphatic rings. The van der Waals surface area contributed by atoms with E-state index < -0.39 is 0 Å². The van der Waals surface area contributed by atoms with Gasteiger partial charge in [0.15, 0.2) is 0 Å². The predicted molar refractivity (Wildman–Crippen MR) is 97.9 cm³/mol. The number of piperidine rings is 1. The molecule has 25 heavy (non-hydrogen) atoms. The molecule has 2 fully saturated rings. The maximum atomic E-state index is 12.5. The van der Waals surface area contributed by atoms with Crippen LogP contribution in [0.25, 0.3) is 0 Å². The standard InChI is InChI=1S/C20H29N3O2/c1-22(2)18(15-6-4-3-5-7-15)14-21-19(24)16-10-12-23(13-11-16)20(25)17-8-9-17/h3-7,16-18H,8-14H2,1-2H3,(H,21,24). The molecule has 1 aromatic carbocycles. The van der Waals surface area contributed by atoms with E-state index in [9.17, 15) is 9.59 Å². The molecule has 3 rings (SSSR count). The summed E-state index contributed by atoms with van der Waals surface area (Å²) in [7, 11) is 4.07. The second-order valence-electron chi connectivity index (χ2n) is 7.51. The summed E-state index contributed by atoms with van der Waals surface area (Å²) in [6, 6.07) is 10.4. The number of rotatable bonds is 6. The van der Waals surface area contributed by atoms with Gasteiger partial charge in [-0.3, -0.25) is 9.59 Å². The number of nitrogens with zero attached hydrogens (tertiary/aromatic N) is 2. The third-order valence-electron chi connectivity index (χ3n) is 5.38. The molecule has 1 atom stereocenters. The number of carbonyl (C=O) groups is 2. The summed E-state index contributed by atoms with van der Waals surface area (Å²) in [5.74, 6) is 0.732. The van der Waals surface area contributed by atoms with Crippen LogP contribution < -0.4 is 5.32 Å². The predicted octanol–water partition coefficient (Wildman–Crippen LogP) is 2.05. The molecule has 1 saturated carbocycles. The number of nitrogens with one attached hydrogen (secondary N) is 1. The summed E-state index contributed by atoms with van der Waals surface area (Å²) in [5.41, 5.74) is 1.21. The lowest BCUT2D eigenvalue weighted by Gasteiger charge is -2.32. The first kappa shape index (κ1) is 17.9. The van der Waals surface area contributed by atoms with E-state index in [-0.39, 0.29) is 23.8 Å². The minimum absolute atomic E-state index is 0.0295. The van der Waals surface area contributed by atoms with Gasteiger partial charge in [-0.1, -0.05) is 30.3 Å². The zero-order valence-electron chi connectivity index (χ0n) is 15.3. The van der Waals surface area contributed by atoms with E-state index in [4.69, 9.17) is 0 Å². The van der Waals surface area contributed by atoms with Gasteiger partial charge in [-0.2, -0.15) is 0 Å². The van der Waals surface area contributed by atoms with Gasteiger partial charge >= 0.3 is 0 Å². The van der Waals surface area contributed by atoms with Crippen LogP contribution in [0.2, 0.25) is 0 Å². The van der Waals surface area contributed by atoms with Crippen LogP contribution in [0.3, 0.4) is 0 Å². The van der Waals surface area contributed by atoms with E-state index in [0.29, 0.717) is 12.5 Å². The second-order valence-corrected chi connectivity index (χ2v) is 7.51. The highest BCUT2D eigenvalue weighted by Crippen LogP contribution is 2.32. The highest BCUT2D eigenvalue weighted by Gasteiger charge is 2.36. The maximum Gasteiger partial charge on any atom is 0.225 e. The minimum Gasteiger partial charge on any atom is -0.354 e. The normalized spacial score (nSPS) is 19.7. The smallest absolute Gasteiger partial charge is 0.225 e. The number of hydrogen-bond acceptors (Lipinski definition) is 3. The van der Waals surface area contributed by atoms with Crippen molar-refractivity contribution in [3.63, 3.8) is 0 Å². The molecule has 0 bridgehead atoms. The van der Waals surface area contributed by atoms with E-state index in [0.717, 1.165) is 38.8 Å². The molecule has 0 spiro atoms. The molecular weight excluding hydrogens is 314 g/mol. The Balaban J connectivity index is 1.48. The van der Waals surface area contributed by atoms with Crippen molar-refractivity contribution in [2.24, 2.45) is 11.8 Å². The Bertz CT molecular complexity index is 590. The van der Waals surface area contributed by atoms with Crippen LogP contribution in [0.4, 0.5) is 0 Å². The van der Waals surface area contributed by atoms with Gasteiger partial charge in [0.05, 0.1) is 6.04 Å². The first-order valence-electron chi connectivity index (χ1n) is 9.34. The number of benzene rings is 1. The zero-order valence-corrected chi connectivity index (χ0v) is 15.3. The quantitative estimate of drug-likeness (QED) is 0.860. The van der Waals surface area contributed by atoms with Gasteiger partial charge < -0.3 is 15.1 Å². The monoisotopic (exact) mass is 343 g/mol. The van der Waals surface area contributed by atoms with E-state index >= 15 is 0 Å². The fourth-order valence-corrected chi connectivity index (χ4v) is 3.57. The second kappa shape index (κ2) is 8.00. The lowest BCUT2D eigenvalue weighted by atomic mass is 9.95. The Morgan fingerprint density at radius 1 is 1.08 bits per heavy atom. The Kier molecular flexibility index (Phi) is 5.74. The zero-order chi connectivity index (χ0) is 17.8. The summed E-state index contributed by atoms with van der Waals surface area (Å²) in [4.78, 5) is 28.7.